The Bertz CT molecular complexity index is 1240. The minimum absolute atomic E-state index is 0.0855. The minimum atomic E-state index is -0.304. The first kappa shape index (κ1) is 20.2. The Morgan fingerprint density at radius 3 is 2.88 bits per heavy atom. The van der Waals surface area contributed by atoms with E-state index in [2.05, 4.69) is 9.97 Å². The van der Waals surface area contributed by atoms with Crippen LogP contribution in [0.15, 0.2) is 67.1 Å². The highest BCUT2D eigenvalue weighted by atomic mass is 16.5. The fourth-order valence-electron chi connectivity index (χ4n) is 4.04. The average Bonchev–Trinajstić information content (AvgIpc) is 3.27. The van der Waals surface area contributed by atoms with Crippen molar-refractivity contribution in [3.63, 3.8) is 0 Å². The highest BCUT2D eigenvalue weighted by Crippen LogP contribution is 2.25. The summed E-state index contributed by atoms with van der Waals surface area (Å²) in [6.45, 7) is 1.50. The van der Waals surface area contributed by atoms with E-state index in [1.807, 2.05) is 59.6 Å². The second-order valence-electron chi connectivity index (χ2n) is 7.79. The van der Waals surface area contributed by atoms with Crippen LogP contribution >= 0.6 is 0 Å². The van der Waals surface area contributed by atoms with Crippen molar-refractivity contribution in [1.82, 2.24) is 19.9 Å². The molecule has 1 N–H and O–H groups in total. The third-order valence-corrected chi connectivity index (χ3v) is 5.80. The van der Waals surface area contributed by atoms with Crippen LogP contribution in [-0.4, -0.2) is 52.6 Å². The molecule has 1 saturated heterocycles. The Morgan fingerprint density at radius 1 is 1.19 bits per heavy atom. The van der Waals surface area contributed by atoms with Crippen molar-refractivity contribution in [2.45, 2.75) is 12.5 Å². The fourth-order valence-corrected chi connectivity index (χ4v) is 4.04. The van der Waals surface area contributed by atoms with E-state index in [4.69, 9.17) is 14.5 Å². The summed E-state index contributed by atoms with van der Waals surface area (Å²) in [4.78, 5) is 27.3. The average molecular weight is 428 g/mol. The van der Waals surface area contributed by atoms with Crippen molar-refractivity contribution in [3.8, 4) is 17.0 Å². The summed E-state index contributed by atoms with van der Waals surface area (Å²) >= 11 is 0. The monoisotopic (exact) mass is 428 g/mol. The molecule has 0 aliphatic carbocycles. The van der Waals surface area contributed by atoms with E-state index in [1.165, 1.54) is 0 Å². The molecule has 162 valence electrons. The van der Waals surface area contributed by atoms with Gasteiger partial charge in [-0.2, -0.15) is 0 Å². The van der Waals surface area contributed by atoms with Crippen LogP contribution in [0.2, 0.25) is 0 Å². The summed E-state index contributed by atoms with van der Waals surface area (Å²) in [7, 11) is 1.64. The van der Waals surface area contributed by atoms with E-state index < -0.39 is 0 Å². The molecular formula is C25H24N4O3. The van der Waals surface area contributed by atoms with Crippen molar-refractivity contribution < 1.29 is 14.3 Å². The van der Waals surface area contributed by atoms with Gasteiger partial charge >= 0.3 is 0 Å². The number of H-pyrrole nitrogens is 1. The van der Waals surface area contributed by atoms with Gasteiger partial charge in [-0.05, 0) is 35.9 Å². The number of carbonyl (C=O) groups is 1. The molecule has 0 unspecified atom stereocenters. The van der Waals surface area contributed by atoms with Gasteiger partial charge in [-0.15, -0.1) is 0 Å². The molecule has 7 heteroatoms. The van der Waals surface area contributed by atoms with E-state index in [1.54, 1.807) is 19.5 Å². The lowest BCUT2D eigenvalue weighted by Crippen LogP contribution is -2.43. The van der Waals surface area contributed by atoms with Gasteiger partial charge < -0.3 is 19.4 Å². The van der Waals surface area contributed by atoms with Crippen LogP contribution in [0.25, 0.3) is 22.2 Å². The maximum absolute atomic E-state index is 13.0. The second kappa shape index (κ2) is 8.80. The number of aromatic nitrogens is 3. The summed E-state index contributed by atoms with van der Waals surface area (Å²) in [5.41, 5.74) is 4.48. The molecule has 0 saturated carbocycles. The van der Waals surface area contributed by atoms with Crippen LogP contribution in [0.1, 0.15) is 17.4 Å². The van der Waals surface area contributed by atoms with Gasteiger partial charge in [0.15, 0.2) is 0 Å². The van der Waals surface area contributed by atoms with E-state index >= 15 is 0 Å². The number of hydrogen-bond acceptors (Lipinski definition) is 5. The SMILES string of the molecule is COc1ccc(-c2cncc([C@@H]3CN(C(=O)Cc4c[nH]c5ccccc45)CCO3)n2)cc1. The molecule has 2 aromatic heterocycles. The molecule has 1 aliphatic heterocycles. The minimum Gasteiger partial charge on any atom is -0.497 e. The number of morpholine rings is 1. The van der Waals surface area contributed by atoms with Crippen molar-refractivity contribution in [2.75, 3.05) is 26.8 Å². The largest absolute Gasteiger partial charge is 0.497 e. The molecule has 32 heavy (non-hydrogen) atoms. The Kier molecular flexibility index (Phi) is 5.56. The van der Waals surface area contributed by atoms with E-state index in [0.29, 0.717) is 26.1 Å². The summed E-state index contributed by atoms with van der Waals surface area (Å²) in [5.74, 6) is 0.875. The Balaban J connectivity index is 1.31. The number of hydrogen-bond donors (Lipinski definition) is 1. The molecule has 1 atom stereocenters. The Labute approximate surface area is 186 Å². The summed E-state index contributed by atoms with van der Waals surface area (Å²) in [6.07, 6.45) is 5.42. The zero-order valence-corrected chi connectivity index (χ0v) is 17.8. The fraction of sp³-hybridized carbons (Fsp3) is 0.240. The number of methoxy groups -OCH3 is 1. The zero-order valence-electron chi connectivity index (χ0n) is 17.8. The molecule has 2 aromatic carbocycles. The highest BCUT2D eigenvalue weighted by molar-refractivity contribution is 5.88. The molecular weight excluding hydrogens is 404 g/mol. The lowest BCUT2D eigenvalue weighted by molar-refractivity contribution is -0.138. The first-order valence-corrected chi connectivity index (χ1v) is 10.6. The third-order valence-electron chi connectivity index (χ3n) is 5.80. The molecule has 1 fully saturated rings. The maximum atomic E-state index is 13.0. The summed E-state index contributed by atoms with van der Waals surface area (Å²) in [6, 6.07) is 15.7. The van der Waals surface area contributed by atoms with E-state index in [-0.39, 0.29) is 12.0 Å². The van der Waals surface area contributed by atoms with Crippen LogP contribution in [0.3, 0.4) is 0 Å². The van der Waals surface area contributed by atoms with Gasteiger partial charge in [-0.1, -0.05) is 18.2 Å². The number of carbonyl (C=O) groups excluding carboxylic acids is 1. The molecule has 1 aliphatic rings. The van der Waals surface area contributed by atoms with E-state index in [9.17, 15) is 4.79 Å². The van der Waals surface area contributed by atoms with Gasteiger partial charge in [0.25, 0.3) is 0 Å². The Morgan fingerprint density at radius 2 is 2.03 bits per heavy atom. The molecule has 0 radical (unpaired) electrons. The summed E-state index contributed by atoms with van der Waals surface area (Å²) < 4.78 is 11.2. The van der Waals surface area contributed by atoms with Crippen molar-refractivity contribution >= 4 is 16.8 Å². The number of amides is 1. The lowest BCUT2D eigenvalue weighted by Gasteiger charge is -2.32. The molecule has 5 rings (SSSR count). The number of aromatic amines is 1. The quantitative estimate of drug-likeness (QED) is 0.523. The van der Waals surface area contributed by atoms with Crippen LogP contribution in [-0.2, 0) is 16.0 Å². The van der Waals surface area contributed by atoms with Crippen molar-refractivity contribution in [1.29, 1.82) is 0 Å². The van der Waals surface area contributed by atoms with Crippen LogP contribution in [0.4, 0.5) is 0 Å². The third kappa shape index (κ3) is 4.07. The van der Waals surface area contributed by atoms with Gasteiger partial charge in [0.2, 0.25) is 5.91 Å². The molecule has 4 aromatic rings. The van der Waals surface area contributed by atoms with Crippen molar-refractivity contribution in [2.24, 2.45) is 0 Å². The van der Waals surface area contributed by atoms with E-state index in [0.717, 1.165) is 39.2 Å². The number of nitrogens with zero attached hydrogens (tertiary/aromatic N) is 3. The van der Waals surface area contributed by atoms with Gasteiger partial charge in [0.05, 0.1) is 50.5 Å². The number of para-hydroxylation sites is 1. The molecule has 0 spiro atoms. The molecule has 7 nitrogen and oxygen atoms in total. The molecule has 0 bridgehead atoms. The zero-order chi connectivity index (χ0) is 21.9. The van der Waals surface area contributed by atoms with Gasteiger partial charge in [-0.25, -0.2) is 4.98 Å². The molecule has 1 amide bonds. The number of rotatable bonds is 5. The number of benzene rings is 2. The lowest BCUT2D eigenvalue weighted by atomic mass is 10.1. The van der Waals surface area contributed by atoms with Crippen molar-refractivity contribution in [3.05, 3.63) is 78.4 Å². The first-order valence-electron chi connectivity index (χ1n) is 10.6. The van der Waals surface area contributed by atoms with Gasteiger partial charge in [0.1, 0.15) is 11.9 Å². The smallest absolute Gasteiger partial charge is 0.227 e. The number of nitrogens with one attached hydrogen (secondary N) is 1. The highest BCUT2D eigenvalue weighted by Gasteiger charge is 2.27. The van der Waals surface area contributed by atoms with Crippen LogP contribution < -0.4 is 4.74 Å². The number of fused-ring (bicyclic) bond motifs is 1. The van der Waals surface area contributed by atoms with Gasteiger partial charge in [0, 0.05) is 29.2 Å². The molecule has 3 heterocycles. The first-order chi connectivity index (χ1) is 15.7. The maximum Gasteiger partial charge on any atom is 0.227 e. The second-order valence-corrected chi connectivity index (χ2v) is 7.79. The normalized spacial score (nSPS) is 16.3. The predicted octanol–water partition coefficient (Wildman–Crippen LogP) is 3.78. The predicted molar refractivity (Wildman–Crippen MR) is 121 cm³/mol. The summed E-state index contributed by atoms with van der Waals surface area (Å²) in [5, 5.41) is 1.09. The van der Waals surface area contributed by atoms with Crippen LogP contribution in [0.5, 0.6) is 5.75 Å². The Hall–Kier alpha value is -3.71. The number of ether oxygens (including phenoxy) is 2. The topological polar surface area (TPSA) is 80.3 Å². The standard InChI is InChI=1S/C25H24N4O3/c1-31-19-8-6-17(7-9-19)22-14-26-15-23(28-22)24-16-29(10-11-32-24)25(30)12-18-13-27-21-5-3-2-4-20(18)21/h2-9,13-15,24,27H,10-12,16H2,1H3/t24-/m0/s1. The van der Waals surface area contributed by atoms with Crippen LogP contribution in [0, 0.1) is 0 Å². The van der Waals surface area contributed by atoms with Gasteiger partial charge in [-0.3, -0.25) is 9.78 Å².